The van der Waals surface area contributed by atoms with E-state index in [0.717, 1.165) is 26.6 Å². The number of ether oxygens (including phenoxy) is 1. The summed E-state index contributed by atoms with van der Waals surface area (Å²) in [5.41, 5.74) is 5.84. The number of halogens is 1. The molecule has 0 aliphatic rings. The van der Waals surface area contributed by atoms with Crippen molar-refractivity contribution in [3.63, 3.8) is 0 Å². The third-order valence-electron chi connectivity index (χ3n) is 4.63. The van der Waals surface area contributed by atoms with Gasteiger partial charge in [0.2, 0.25) is 0 Å². The Morgan fingerprint density at radius 3 is 2.42 bits per heavy atom. The first-order valence-electron chi connectivity index (χ1n) is 9.71. The van der Waals surface area contributed by atoms with Crippen LogP contribution in [0.25, 0.3) is 11.0 Å². The van der Waals surface area contributed by atoms with E-state index in [4.69, 9.17) is 4.74 Å². The Bertz CT molecular complexity index is 1190. The number of carbonyl (C=O) groups excluding carboxylic acids is 1. The van der Waals surface area contributed by atoms with Crippen LogP contribution in [-0.4, -0.2) is 27.1 Å². The summed E-state index contributed by atoms with van der Waals surface area (Å²) >= 11 is 3.42. The minimum Gasteiger partial charge on any atom is -0.488 e. The number of carbonyl (C=O) groups is 1. The molecule has 0 aliphatic heterocycles. The molecule has 1 unspecified atom stereocenters. The number of hydrazone groups is 1. The number of hydrogen-bond acceptors (Lipinski definition) is 5. The van der Waals surface area contributed by atoms with Crippen molar-refractivity contribution >= 4 is 39.1 Å². The zero-order valence-corrected chi connectivity index (χ0v) is 18.4. The molecule has 1 amide bonds. The minimum absolute atomic E-state index is 0.315. The van der Waals surface area contributed by atoms with Crippen molar-refractivity contribution in [3.8, 4) is 5.75 Å². The highest BCUT2D eigenvalue weighted by Crippen LogP contribution is 2.19. The van der Waals surface area contributed by atoms with Crippen LogP contribution in [0, 0.1) is 0 Å². The lowest BCUT2D eigenvalue weighted by Gasteiger charge is -2.10. The van der Waals surface area contributed by atoms with Crippen molar-refractivity contribution in [2.75, 3.05) is 0 Å². The molecule has 0 saturated heterocycles. The van der Waals surface area contributed by atoms with Gasteiger partial charge < -0.3 is 4.74 Å². The van der Waals surface area contributed by atoms with Crippen LogP contribution in [0.2, 0.25) is 0 Å². The van der Waals surface area contributed by atoms with Crippen molar-refractivity contribution in [2.45, 2.75) is 19.6 Å². The van der Waals surface area contributed by atoms with Gasteiger partial charge in [-0.1, -0.05) is 52.3 Å². The average Bonchev–Trinajstić information content (AvgIpc) is 3.23. The number of hydrogen-bond donors (Lipinski definition) is 1. The van der Waals surface area contributed by atoms with E-state index in [1.165, 1.54) is 4.80 Å². The number of fused-ring (bicyclic) bond motifs is 1. The molecule has 0 fully saturated rings. The third kappa shape index (κ3) is 5.16. The van der Waals surface area contributed by atoms with Crippen LogP contribution in [0.1, 0.15) is 24.1 Å². The summed E-state index contributed by atoms with van der Waals surface area (Å²) in [4.78, 5) is 13.9. The Kier molecular flexibility index (Phi) is 6.37. The second-order valence-corrected chi connectivity index (χ2v) is 7.79. The van der Waals surface area contributed by atoms with Gasteiger partial charge in [-0.25, -0.2) is 5.43 Å². The fraction of sp³-hybridized carbons (Fsp3) is 0.130. The molecule has 0 bridgehead atoms. The van der Waals surface area contributed by atoms with Crippen molar-refractivity contribution in [3.05, 3.63) is 88.4 Å². The minimum atomic E-state index is -0.603. The molecule has 3 aromatic carbocycles. The van der Waals surface area contributed by atoms with Gasteiger partial charge in [0, 0.05) is 10.0 Å². The molecule has 31 heavy (non-hydrogen) atoms. The summed E-state index contributed by atoms with van der Waals surface area (Å²) < 4.78 is 6.95. The van der Waals surface area contributed by atoms with Gasteiger partial charge in [-0.05, 0) is 48.9 Å². The highest BCUT2D eigenvalue weighted by atomic mass is 79.9. The summed E-state index contributed by atoms with van der Waals surface area (Å²) in [5.74, 6) is 0.362. The van der Waals surface area contributed by atoms with E-state index in [1.54, 1.807) is 13.1 Å². The first kappa shape index (κ1) is 20.7. The monoisotopic (exact) mass is 477 g/mol. The first-order chi connectivity index (χ1) is 15.1. The molecule has 0 radical (unpaired) electrons. The molecule has 0 spiro atoms. The Morgan fingerprint density at radius 1 is 1.06 bits per heavy atom. The number of benzene rings is 3. The van der Waals surface area contributed by atoms with Crippen molar-refractivity contribution in [1.29, 1.82) is 0 Å². The van der Waals surface area contributed by atoms with Crippen molar-refractivity contribution in [1.82, 2.24) is 20.4 Å². The Hall–Kier alpha value is -3.52. The number of nitrogens with zero attached hydrogens (tertiary/aromatic N) is 4. The van der Waals surface area contributed by atoms with Gasteiger partial charge in [0.05, 0.1) is 6.21 Å². The molecule has 8 heteroatoms. The standard InChI is InChI=1S/C23H20BrN5O2/c1-16(29-27-20-7-3-4-8-21(20)28-29)23(30)26-25-14-18-6-2-5-9-22(18)31-15-17-10-12-19(24)13-11-17/h2-14,16H,15H2,1H3,(H,26,30)/b25-14+. The molecule has 1 aromatic heterocycles. The largest absolute Gasteiger partial charge is 0.488 e. The van der Waals surface area contributed by atoms with Gasteiger partial charge >= 0.3 is 0 Å². The van der Waals surface area contributed by atoms with E-state index < -0.39 is 6.04 Å². The number of rotatable bonds is 7. The van der Waals surface area contributed by atoms with Gasteiger partial charge in [-0.3, -0.25) is 4.79 Å². The van der Waals surface area contributed by atoms with Crippen LogP contribution in [0.3, 0.4) is 0 Å². The molecule has 156 valence electrons. The number of aromatic nitrogens is 3. The third-order valence-corrected chi connectivity index (χ3v) is 5.16. The summed E-state index contributed by atoms with van der Waals surface area (Å²) in [6.45, 7) is 2.15. The second-order valence-electron chi connectivity index (χ2n) is 6.87. The van der Waals surface area contributed by atoms with E-state index in [0.29, 0.717) is 12.4 Å². The zero-order valence-electron chi connectivity index (χ0n) is 16.8. The number of nitrogens with one attached hydrogen (secondary N) is 1. The van der Waals surface area contributed by atoms with Gasteiger partial charge in [0.25, 0.3) is 5.91 Å². The molecule has 4 rings (SSSR count). The molecule has 0 saturated carbocycles. The van der Waals surface area contributed by atoms with Crippen molar-refractivity contribution < 1.29 is 9.53 Å². The summed E-state index contributed by atoms with van der Waals surface area (Å²) in [7, 11) is 0. The second kappa shape index (κ2) is 9.53. The fourth-order valence-corrected chi connectivity index (χ4v) is 3.14. The number of amides is 1. The van der Waals surface area contributed by atoms with Crippen molar-refractivity contribution in [2.24, 2.45) is 5.10 Å². The zero-order chi connectivity index (χ0) is 21.6. The fourth-order valence-electron chi connectivity index (χ4n) is 2.87. The van der Waals surface area contributed by atoms with E-state index in [-0.39, 0.29) is 5.91 Å². The van der Waals surface area contributed by atoms with Crippen LogP contribution in [0.15, 0.2) is 82.4 Å². The molecule has 1 heterocycles. The van der Waals surface area contributed by atoms with Crippen LogP contribution < -0.4 is 10.2 Å². The molecular formula is C23H20BrN5O2. The normalized spacial score (nSPS) is 12.2. The van der Waals surface area contributed by atoms with Gasteiger partial charge in [-0.15, -0.1) is 0 Å². The van der Waals surface area contributed by atoms with E-state index >= 15 is 0 Å². The van der Waals surface area contributed by atoms with E-state index in [9.17, 15) is 4.79 Å². The van der Waals surface area contributed by atoms with Crippen LogP contribution in [0.5, 0.6) is 5.75 Å². The van der Waals surface area contributed by atoms with Crippen LogP contribution in [0.4, 0.5) is 0 Å². The Balaban J connectivity index is 1.39. The summed E-state index contributed by atoms with van der Waals surface area (Å²) in [6, 6.07) is 22.3. The van der Waals surface area contributed by atoms with Gasteiger partial charge in [0.1, 0.15) is 29.4 Å². The number of para-hydroxylation sites is 1. The highest BCUT2D eigenvalue weighted by Gasteiger charge is 2.17. The topological polar surface area (TPSA) is 81.4 Å². The van der Waals surface area contributed by atoms with Crippen LogP contribution in [-0.2, 0) is 11.4 Å². The quantitative estimate of drug-likeness (QED) is 0.314. The smallest absolute Gasteiger partial charge is 0.266 e. The highest BCUT2D eigenvalue weighted by molar-refractivity contribution is 9.10. The average molecular weight is 478 g/mol. The Morgan fingerprint density at radius 2 is 1.71 bits per heavy atom. The molecular weight excluding hydrogens is 458 g/mol. The van der Waals surface area contributed by atoms with Gasteiger partial charge in [0.15, 0.2) is 0 Å². The predicted molar refractivity (Wildman–Crippen MR) is 123 cm³/mol. The van der Waals surface area contributed by atoms with E-state index in [1.807, 2.05) is 72.8 Å². The lowest BCUT2D eigenvalue weighted by Crippen LogP contribution is -2.28. The van der Waals surface area contributed by atoms with Gasteiger partial charge in [-0.2, -0.15) is 20.1 Å². The van der Waals surface area contributed by atoms with Crippen LogP contribution >= 0.6 is 15.9 Å². The van der Waals surface area contributed by atoms with E-state index in [2.05, 4.69) is 36.7 Å². The summed E-state index contributed by atoms with van der Waals surface area (Å²) in [5, 5.41) is 12.8. The first-order valence-corrected chi connectivity index (χ1v) is 10.5. The molecule has 1 atom stereocenters. The molecule has 0 aliphatic carbocycles. The SMILES string of the molecule is CC(C(=O)N/N=C/c1ccccc1OCc1ccc(Br)cc1)n1nc2ccccc2n1. The maximum Gasteiger partial charge on any atom is 0.266 e. The Labute approximate surface area is 187 Å². The lowest BCUT2D eigenvalue weighted by molar-refractivity contribution is -0.124. The predicted octanol–water partition coefficient (Wildman–Crippen LogP) is 4.48. The lowest BCUT2D eigenvalue weighted by atomic mass is 10.2. The summed E-state index contributed by atoms with van der Waals surface area (Å²) in [6.07, 6.45) is 1.56. The molecule has 1 N–H and O–H groups in total. The molecule has 7 nitrogen and oxygen atoms in total. The molecule has 4 aromatic rings. The maximum absolute atomic E-state index is 12.5. The maximum atomic E-state index is 12.5.